The van der Waals surface area contributed by atoms with Crippen molar-refractivity contribution < 1.29 is 19.5 Å². The molecule has 18 heavy (non-hydrogen) atoms. The molecule has 94 valence electrons. The number of rotatable bonds is 3. The molecule has 1 aromatic carbocycles. The van der Waals surface area contributed by atoms with Gasteiger partial charge in [-0.15, -0.1) is 0 Å². The van der Waals surface area contributed by atoms with E-state index in [1.54, 1.807) is 13.0 Å². The largest absolute Gasteiger partial charge is 0.480 e. The van der Waals surface area contributed by atoms with Gasteiger partial charge in [-0.2, -0.15) is 0 Å². The average Bonchev–Trinajstić information content (AvgIpc) is 2.56. The van der Waals surface area contributed by atoms with Crippen molar-refractivity contribution in [1.82, 2.24) is 4.90 Å². The predicted molar refractivity (Wildman–Crippen MR) is 63.1 cm³/mol. The first-order chi connectivity index (χ1) is 8.49. The lowest BCUT2D eigenvalue weighted by molar-refractivity contribution is -0.141. The fourth-order valence-electron chi connectivity index (χ4n) is 2.08. The van der Waals surface area contributed by atoms with Crippen LogP contribution >= 0.6 is 0 Å². The van der Waals surface area contributed by atoms with Crippen LogP contribution in [0.4, 0.5) is 5.69 Å². The van der Waals surface area contributed by atoms with Gasteiger partial charge in [0.2, 0.25) is 0 Å². The molecule has 2 amide bonds. The van der Waals surface area contributed by atoms with Gasteiger partial charge >= 0.3 is 5.97 Å². The van der Waals surface area contributed by atoms with E-state index in [4.69, 9.17) is 10.8 Å². The Balaban J connectivity index is 2.52. The number of aliphatic carboxylic acids is 1. The molecule has 6 nitrogen and oxygen atoms in total. The molecule has 6 heteroatoms. The van der Waals surface area contributed by atoms with Crippen LogP contribution in [0.2, 0.25) is 0 Å². The molecular formula is C12H12N2O4. The maximum Gasteiger partial charge on any atom is 0.326 e. The number of carboxylic acid groups (broad SMARTS) is 1. The summed E-state index contributed by atoms with van der Waals surface area (Å²) >= 11 is 0. The summed E-state index contributed by atoms with van der Waals surface area (Å²) in [4.78, 5) is 36.0. The SMILES string of the molecule is CCC(C(=O)O)N1C(=O)c2cccc(N)c2C1=O. The van der Waals surface area contributed by atoms with Crippen LogP contribution in [0, 0.1) is 0 Å². The number of imide groups is 1. The first-order valence-corrected chi connectivity index (χ1v) is 5.48. The quantitative estimate of drug-likeness (QED) is 0.606. The summed E-state index contributed by atoms with van der Waals surface area (Å²) in [7, 11) is 0. The number of carboxylic acids is 1. The second kappa shape index (κ2) is 4.14. The van der Waals surface area contributed by atoms with Gasteiger partial charge in [0.1, 0.15) is 6.04 Å². The van der Waals surface area contributed by atoms with Crippen LogP contribution in [-0.4, -0.2) is 33.8 Å². The minimum atomic E-state index is -1.20. The van der Waals surface area contributed by atoms with Gasteiger partial charge in [0.05, 0.1) is 11.1 Å². The highest BCUT2D eigenvalue weighted by molar-refractivity contribution is 6.24. The molecule has 0 radical (unpaired) electrons. The number of amides is 2. The van der Waals surface area contributed by atoms with Crippen molar-refractivity contribution in [2.45, 2.75) is 19.4 Å². The summed E-state index contributed by atoms with van der Waals surface area (Å²) in [5, 5.41) is 9.04. The molecule has 0 fully saturated rings. The highest BCUT2D eigenvalue weighted by Gasteiger charge is 2.43. The predicted octanol–water partition coefficient (Wildman–Crippen LogP) is 0.728. The van der Waals surface area contributed by atoms with Crippen molar-refractivity contribution in [3.63, 3.8) is 0 Å². The number of carbonyl (C=O) groups is 3. The summed E-state index contributed by atoms with van der Waals surface area (Å²) in [6, 6.07) is 3.39. The summed E-state index contributed by atoms with van der Waals surface area (Å²) in [6.45, 7) is 1.60. The molecule has 0 saturated carbocycles. The molecule has 1 atom stereocenters. The lowest BCUT2D eigenvalue weighted by Crippen LogP contribution is -2.44. The number of hydrogen-bond acceptors (Lipinski definition) is 4. The van der Waals surface area contributed by atoms with Crippen LogP contribution in [0.25, 0.3) is 0 Å². The maximum absolute atomic E-state index is 12.1. The van der Waals surface area contributed by atoms with Gasteiger partial charge in [-0.25, -0.2) is 4.79 Å². The van der Waals surface area contributed by atoms with Crippen molar-refractivity contribution in [2.24, 2.45) is 0 Å². The van der Waals surface area contributed by atoms with Gasteiger partial charge in [0.15, 0.2) is 0 Å². The minimum absolute atomic E-state index is 0.0993. The summed E-state index contributed by atoms with van der Waals surface area (Å²) in [6.07, 6.45) is 0.153. The zero-order chi connectivity index (χ0) is 13.4. The number of anilines is 1. The van der Waals surface area contributed by atoms with E-state index in [-0.39, 0.29) is 23.2 Å². The van der Waals surface area contributed by atoms with Gasteiger partial charge in [-0.05, 0) is 18.6 Å². The van der Waals surface area contributed by atoms with E-state index in [0.717, 1.165) is 4.90 Å². The van der Waals surface area contributed by atoms with Crippen LogP contribution in [0.15, 0.2) is 18.2 Å². The van der Waals surface area contributed by atoms with E-state index in [1.165, 1.54) is 12.1 Å². The first kappa shape index (κ1) is 12.1. The number of nitrogen functional groups attached to an aromatic ring is 1. The standard InChI is InChI=1S/C12H12N2O4/c1-2-8(12(17)18)14-10(15)6-4-3-5-7(13)9(6)11(14)16/h3-5,8H,2,13H2,1H3,(H,17,18). The number of carbonyl (C=O) groups excluding carboxylic acids is 2. The van der Waals surface area contributed by atoms with Crippen molar-refractivity contribution in [3.8, 4) is 0 Å². The highest BCUT2D eigenvalue weighted by Crippen LogP contribution is 2.29. The molecule has 0 aromatic heterocycles. The monoisotopic (exact) mass is 248 g/mol. The Bertz CT molecular complexity index is 553. The van der Waals surface area contributed by atoms with Crippen LogP contribution in [0.5, 0.6) is 0 Å². The molecule has 1 unspecified atom stereocenters. The van der Waals surface area contributed by atoms with Gasteiger partial charge in [-0.1, -0.05) is 13.0 Å². The topological polar surface area (TPSA) is 101 Å². The molecule has 1 aliphatic rings. The third-order valence-corrected chi connectivity index (χ3v) is 2.96. The highest BCUT2D eigenvalue weighted by atomic mass is 16.4. The number of hydrogen-bond donors (Lipinski definition) is 2. The second-order valence-electron chi connectivity index (χ2n) is 4.01. The van der Waals surface area contributed by atoms with E-state index in [9.17, 15) is 14.4 Å². The molecule has 1 aliphatic heterocycles. The van der Waals surface area contributed by atoms with Crippen molar-refractivity contribution >= 4 is 23.5 Å². The number of nitrogens with zero attached hydrogens (tertiary/aromatic N) is 1. The Kier molecular flexibility index (Phi) is 2.78. The number of benzene rings is 1. The van der Waals surface area contributed by atoms with Gasteiger partial charge in [0.25, 0.3) is 11.8 Å². The zero-order valence-electron chi connectivity index (χ0n) is 9.71. The molecule has 0 spiro atoms. The van der Waals surface area contributed by atoms with E-state index in [1.807, 2.05) is 0 Å². The molecule has 0 bridgehead atoms. The first-order valence-electron chi connectivity index (χ1n) is 5.48. The van der Waals surface area contributed by atoms with E-state index >= 15 is 0 Å². The normalized spacial score (nSPS) is 15.7. The summed E-state index contributed by atoms with van der Waals surface area (Å²) < 4.78 is 0. The van der Waals surface area contributed by atoms with Gasteiger partial charge < -0.3 is 10.8 Å². The number of fused-ring (bicyclic) bond motifs is 1. The molecule has 2 rings (SSSR count). The Labute approximate surface area is 103 Å². The fourth-order valence-corrected chi connectivity index (χ4v) is 2.08. The van der Waals surface area contributed by atoms with Crippen LogP contribution in [-0.2, 0) is 4.79 Å². The fraction of sp³-hybridized carbons (Fsp3) is 0.250. The molecular weight excluding hydrogens is 236 g/mol. The second-order valence-corrected chi connectivity index (χ2v) is 4.01. The third-order valence-electron chi connectivity index (χ3n) is 2.96. The number of nitrogens with two attached hydrogens (primary N) is 1. The Hall–Kier alpha value is -2.37. The minimum Gasteiger partial charge on any atom is -0.480 e. The van der Waals surface area contributed by atoms with Crippen LogP contribution < -0.4 is 5.73 Å². The van der Waals surface area contributed by atoms with Crippen molar-refractivity contribution in [1.29, 1.82) is 0 Å². The molecule has 1 aromatic rings. The molecule has 1 heterocycles. The van der Waals surface area contributed by atoms with E-state index in [2.05, 4.69) is 0 Å². The zero-order valence-corrected chi connectivity index (χ0v) is 9.71. The van der Waals surface area contributed by atoms with Crippen LogP contribution in [0.1, 0.15) is 34.1 Å². The summed E-state index contributed by atoms with van der Waals surface area (Å²) in [5.74, 6) is -2.44. The van der Waals surface area contributed by atoms with E-state index < -0.39 is 23.8 Å². The Morgan fingerprint density at radius 3 is 2.56 bits per heavy atom. The Morgan fingerprint density at radius 1 is 1.39 bits per heavy atom. The van der Waals surface area contributed by atoms with E-state index in [0.29, 0.717) is 0 Å². The lowest BCUT2D eigenvalue weighted by Gasteiger charge is -2.20. The van der Waals surface area contributed by atoms with Crippen LogP contribution in [0.3, 0.4) is 0 Å². The smallest absolute Gasteiger partial charge is 0.326 e. The lowest BCUT2D eigenvalue weighted by atomic mass is 10.1. The third kappa shape index (κ3) is 1.54. The average molecular weight is 248 g/mol. The molecule has 0 saturated heterocycles. The summed E-state index contributed by atoms with van der Waals surface area (Å²) in [5.41, 5.74) is 6.11. The van der Waals surface area contributed by atoms with Crippen molar-refractivity contribution in [2.75, 3.05) is 5.73 Å². The maximum atomic E-state index is 12.1. The Morgan fingerprint density at radius 2 is 2.06 bits per heavy atom. The molecule has 0 aliphatic carbocycles. The van der Waals surface area contributed by atoms with Gasteiger partial charge in [-0.3, -0.25) is 14.5 Å². The molecule has 3 N–H and O–H groups in total. The van der Waals surface area contributed by atoms with Gasteiger partial charge in [0, 0.05) is 5.69 Å². The van der Waals surface area contributed by atoms with Crippen molar-refractivity contribution in [3.05, 3.63) is 29.3 Å².